The van der Waals surface area contributed by atoms with Crippen LogP contribution in [0.3, 0.4) is 0 Å². The summed E-state index contributed by atoms with van der Waals surface area (Å²) < 4.78 is 1.81. The molecule has 1 aromatic carbocycles. The summed E-state index contributed by atoms with van der Waals surface area (Å²) in [6.07, 6.45) is 8.67. The molecule has 1 aliphatic carbocycles. The second-order valence-electron chi connectivity index (χ2n) is 8.33. The molecular formula is C22H28ClN7. The van der Waals surface area contributed by atoms with Crippen molar-refractivity contribution in [2.75, 3.05) is 36.4 Å². The number of aromatic nitrogens is 4. The molecule has 7 nitrogen and oxygen atoms in total. The average molecular weight is 426 g/mol. The zero-order valence-electron chi connectivity index (χ0n) is 17.4. The van der Waals surface area contributed by atoms with Crippen LogP contribution >= 0.6 is 11.6 Å². The summed E-state index contributed by atoms with van der Waals surface area (Å²) in [5.41, 5.74) is 1.73. The van der Waals surface area contributed by atoms with Gasteiger partial charge in [-0.2, -0.15) is 15.1 Å². The molecule has 0 radical (unpaired) electrons. The average Bonchev–Trinajstić information content (AvgIpc) is 3.16. The molecule has 5 rings (SSSR count). The van der Waals surface area contributed by atoms with Gasteiger partial charge in [0, 0.05) is 50.0 Å². The highest BCUT2D eigenvalue weighted by Crippen LogP contribution is 2.28. The van der Waals surface area contributed by atoms with Crippen molar-refractivity contribution >= 4 is 40.1 Å². The molecule has 2 aromatic heterocycles. The number of fused-ring (bicyclic) bond motifs is 1. The molecule has 0 unspecified atom stereocenters. The van der Waals surface area contributed by atoms with E-state index in [1.807, 2.05) is 42.2 Å². The summed E-state index contributed by atoms with van der Waals surface area (Å²) in [6.45, 7) is 4.07. The summed E-state index contributed by atoms with van der Waals surface area (Å²) in [4.78, 5) is 14.7. The first-order chi connectivity index (χ1) is 14.7. The third-order valence-electron chi connectivity index (χ3n) is 6.36. The number of hydrogen-bond acceptors (Lipinski definition) is 6. The molecule has 1 saturated heterocycles. The molecular weight excluding hydrogens is 398 g/mol. The highest BCUT2D eigenvalue weighted by Gasteiger charge is 2.26. The normalized spacial score (nSPS) is 18.8. The van der Waals surface area contributed by atoms with Crippen molar-refractivity contribution in [3.8, 4) is 0 Å². The van der Waals surface area contributed by atoms with Crippen molar-refractivity contribution in [2.24, 2.45) is 7.05 Å². The fourth-order valence-corrected chi connectivity index (χ4v) is 4.87. The lowest BCUT2D eigenvalue weighted by atomic mass is 9.94. The predicted octanol–water partition coefficient (Wildman–Crippen LogP) is 4.22. The van der Waals surface area contributed by atoms with E-state index in [1.54, 1.807) is 0 Å². The van der Waals surface area contributed by atoms with Crippen molar-refractivity contribution in [3.63, 3.8) is 0 Å². The summed E-state index contributed by atoms with van der Waals surface area (Å²) in [7, 11) is 1.92. The smallest absolute Gasteiger partial charge is 0.229 e. The molecule has 3 aromatic rings. The Morgan fingerprint density at radius 1 is 1.03 bits per heavy atom. The van der Waals surface area contributed by atoms with E-state index < -0.39 is 0 Å². The van der Waals surface area contributed by atoms with Crippen molar-refractivity contribution in [3.05, 3.63) is 35.5 Å². The minimum absolute atomic E-state index is 0.690. The molecule has 2 fully saturated rings. The zero-order valence-corrected chi connectivity index (χ0v) is 18.1. The van der Waals surface area contributed by atoms with Gasteiger partial charge in [-0.3, -0.25) is 9.58 Å². The summed E-state index contributed by atoms with van der Waals surface area (Å²) in [5, 5.41) is 9.41. The minimum Gasteiger partial charge on any atom is -0.339 e. The Balaban J connectivity index is 1.39. The molecule has 158 valence electrons. The number of aryl methyl sites for hydroxylation is 1. The second-order valence-corrected chi connectivity index (χ2v) is 8.76. The highest BCUT2D eigenvalue weighted by atomic mass is 35.5. The topological polar surface area (TPSA) is 62.1 Å². The van der Waals surface area contributed by atoms with Gasteiger partial charge in [0.05, 0.1) is 11.6 Å². The largest absolute Gasteiger partial charge is 0.339 e. The van der Waals surface area contributed by atoms with E-state index in [2.05, 4.69) is 20.2 Å². The third kappa shape index (κ3) is 3.96. The zero-order chi connectivity index (χ0) is 20.5. The molecule has 0 spiro atoms. The van der Waals surface area contributed by atoms with Crippen LogP contribution in [0.25, 0.3) is 11.0 Å². The van der Waals surface area contributed by atoms with Gasteiger partial charge < -0.3 is 10.2 Å². The third-order valence-corrected chi connectivity index (χ3v) is 6.59. The lowest BCUT2D eigenvalue weighted by Gasteiger charge is -2.40. The monoisotopic (exact) mass is 425 g/mol. The summed E-state index contributed by atoms with van der Waals surface area (Å²) >= 11 is 6.16. The van der Waals surface area contributed by atoms with Crippen molar-refractivity contribution in [2.45, 2.75) is 38.1 Å². The maximum Gasteiger partial charge on any atom is 0.229 e. The maximum atomic E-state index is 6.16. The van der Waals surface area contributed by atoms with Crippen LogP contribution in [0.5, 0.6) is 0 Å². The van der Waals surface area contributed by atoms with Gasteiger partial charge in [0.2, 0.25) is 5.95 Å². The van der Waals surface area contributed by atoms with E-state index in [0.717, 1.165) is 60.7 Å². The SMILES string of the molecule is Cn1ncc2c(Nc3cccc(Cl)c3)nc(N3CCN(C4CCCCC4)CC3)nc21. The molecule has 2 aliphatic rings. The molecule has 8 heteroatoms. The number of hydrogen-bond donors (Lipinski definition) is 1. The fourth-order valence-electron chi connectivity index (χ4n) is 4.68. The van der Waals surface area contributed by atoms with E-state index in [4.69, 9.17) is 21.6 Å². The molecule has 0 atom stereocenters. The van der Waals surface area contributed by atoms with E-state index in [0.29, 0.717) is 5.02 Å². The minimum atomic E-state index is 0.690. The quantitative estimate of drug-likeness (QED) is 0.675. The predicted molar refractivity (Wildman–Crippen MR) is 122 cm³/mol. The standard InChI is InChI=1S/C22H28ClN7/c1-28-21-19(15-24-28)20(25-17-7-5-6-16(23)14-17)26-22(27-21)30-12-10-29(11-13-30)18-8-3-2-4-9-18/h5-7,14-15,18H,2-4,8-13H2,1H3,(H,25,26,27). The first-order valence-electron chi connectivity index (χ1n) is 10.9. The molecule has 30 heavy (non-hydrogen) atoms. The van der Waals surface area contributed by atoms with Gasteiger partial charge in [0.1, 0.15) is 5.82 Å². The molecule has 3 heterocycles. The van der Waals surface area contributed by atoms with Crippen LogP contribution in [0.1, 0.15) is 32.1 Å². The number of nitrogens with one attached hydrogen (secondary N) is 1. The summed E-state index contributed by atoms with van der Waals surface area (Å²) in [6, 6.07) is 8.44. The van der Waals surface area contributed by atoms with Gasteiger partial charge in [-0.05, 0) is 31.0 Å². The molecule has 0 amide bonds. The van der Waals surface area contributed by atoms with Crippen LogP contribution in [0.2, 0.25) is 5.02 Å². The number of halogens is 1. The highest BCUT2D eigenvalue weighted by molar-refractivity contribution is 6.30. The van der Waals surface area contributed by atoms with Crippen LogP contribution in [0, 0.1) is 0 Å². The Morgan fingerprint density at radius 2 is 1.83 bits per heavy atom. The number of nitrogens with zero attached hydrogens (tertiary/aromatic N) is 6. The van der Waals surface area contributed by atoms with Gasteiger partial charge in [0.25, 0.3) is 0 Å². The lowest BCUT2D eigenvalue weighted by Crippen LogP contribution is -2.51. The van der Waals surface area contributed by atoms with Gasteiger partial charge in [-0.25, -0.2) is 0 Å². The van der Waals surface area contributed by atoms with E-state index in [9.17, 15) is 0 Å². The molecule has 1 aliphatic heterocycles. The molecule has 1 saturated carbocycles. The number of rotatable bonds is 4. The molecule has 1 N–H and O–H groups in total. The lowest BCUT2D eigenvalue weighted by molar-refractivity contribution is 0.147. The van der Waals surface area contributed by atoms with Crippen LogP contribution in [-0.4, -0.2) is 56.9 Å². The maximum absolute atomic E-state index is 6.16. The van der Waals surface area contributed by atoms with Crippen molar-refractivity contribution in [1.29, 1.82) is 0 Å². The van der Waals surface area contributed by atoms with Gasteiger partial charge in [-0.1, -0.05) is 36.9 Å². The van der Waals surface area contributed by atoms with Crippen molar-refractivity contribution in [1.82, 2.24) is 24.6 Å². The second kappa shape index (κ2) is 8.40. The van der Waals surface area contributed by atoms with Crippen LogP contribution in [-0.2, 0) is 7.05 Å². The van der Waals surface area contributed by atoms with Crippen LogP contribution < -0.4 is 10.2 Å². The first kappa shape index (κ1) is 19.6. The Bertz CT molecular complexity index is 1020. The number of benzene rings is 1. The van der Waals surface area contributed by atoms with E-state index >= 15 is 0 Å². The van der Waals surface area contributed by atoms with Crippen LogP contribution in [0.15, 0.2) is 30.5 Å². The molecule has 0 bridgehead atoms. The van der Waals surface area contributed by atoms with Crippen molar-refractivity contribution < 1.29 is 0 Å². The number of anilines is 3. The Kier molecular flexibility index (Phi) is 5.48. The Morgan fingerprint density at radius 3 is 2.60 bits per heavy atom. The first-order valence-corrected chi connectivity index (χ1v) is 11.3. The van der Waals surface area contributed by atoms with Crippen LogP contribution in [0.4, 0.5) is 17.5 Å². The van der Waals surface area contributed by atoms with E-state index in [-0.39, 0.29) is 0 Å². The van der Waals surface area contributed by atoms with Gasteiger partial charge in [-0.15, -0.1) is 0 Å². The van der Waals surface area contributed by atoms with Gasteiger partial charge in [0.15, 0.2) is 5.65 Å². The fraction of sp³-hybridized carbons (Fsp3) is 0.500. The summed E-state index contributed by atoms with van der Waals surface area (Å²) in [5.74, 6) is 1.53. The Labute approximate surface area is 182 Å². The Hall–Kier alpha value is -2.38. The number of piperazine rings is 1. The van der Waals surface area contributed by atoms with Gasteiger partial charge >= 0.3 is 0 Å². The van der Waals surface area contributed by atoms with E-state index in [1.165, 1.54) is 32.1 Å².